The van der Waals surface area contributed by atoms with Crippen LogP contribution < -0.4 is 9.80 Å². The number of benzene rings is 1. The SMILES string of the molecule is CCN(c1cc(-c2ccc(N3CCN(C(=O)OC(C)(C)C)CC3)nc2)cc(C(=O)O)c1C)C1CCOCC1. The second-order valence-electron chi connectivity index (χ2n) is 11.0. The normalized spacial score (nSPS) is 16.9. The highest BCUT2D eigenvalue weighted by Gasteiger charge is 2.27. The Labute approximate surface area is 225 Å². The fraction of sp³-hybridized carbons (Fsp3) is 0.552. The van der Waals surface area contributed by atoms with E-state index in [2.05, 4.69) is 22.8 Å². The predicted molar refractivity (Wildman–Crippen MR) is 148 cm³/mol. The zero-order valence-corrected chi connectivity index (χ0v) is 23.2. The molecule has 206 valence electrons. The summed E-state index contributed by atoms with van der Waals surface area (Å²) in [4.78, 5) is 35.4. The number of amides is 1. The average molecular weight is 525 g/mol. The Morgan fingerprint density at radius 2 is 1.79 bits per heavy atom. The minimum absolute atomic E-state index is 0.285. The number of nitrogens with zero attached hydrogens (tertiary/aromatic N) is 4. The van der Waals surface area contributed by atoms with Crippen molar-refractivity contribution in [2.45, 2.75) is 59.1 Å². The van der Waals surface area contributed by atoms with Crippen molar-refractivity contribution in [2.75, 3.05) is 55.7 Å². The first-order chi connectivity index (χ1) is 18.1. The van der Waals surface area contributed by atoms with E-state index in [0.29, 0.717) is 37.8 Å². The van der Waals surface area contributed by atoms with E-state index >= 15 is 0 Å². The molecular formula is C29H40N4O5. The molecule has 2 fully saturated rings. The van der Waals surface area contributed by atoms with Crippen LogP contribution in [0, 0.1) is 6.92 Å². The predicted octanol–water partition coefficient (Wildman–Crippen LogP) is 4.82. The second kappa shape index (κ2) is 11.6. The number of piperazine rings is 1. The van der Waals surface area contributed by atoms with Gasteiger partial charge >= 0.3 is 12.1 Å². The first-order valence-corrected chi connectivity index (χ1v) is 13.5. The van der Waals surface area contributed by atoms with Crippen molar-refractivity contribution in [3.05, 3.63) is 41.6 Å². The first kappa shape index (κ1) is 27.7. The van der Waals surface area contributed by atoms with Crippen LogP contribution in [0.15, 0.2) is 30.5 Å². The molecule has 1 N–H and O–H groups in total. The minimum atomic E-state index is -0.930. The average Bonchev–Trinajstić information content (AvgIpc) is 2.90. The maximum atomic E-state index is 12.4. The van der Waals surface area contributed by atoms with Crippen molar-refractivity contribution >= 4 is 23.6 Å². The van der Waals surface area contributed by atoms with Gasteiger partial charge in [0.2, 0.25) is 0 Å². The smallest absolute Gasteiger partial charge is 0.410 e. The fourth-order valence-corrected chi connectivity index (χ4v) is 5.20. The summed E-state index contributed by atoms with van der Waals surface area (Å²) >= 11 is 0. The third kappa shape index (κ3) is 6.38. The minimum Gasteiger partial charge on any atom is -0.478 e. The second-order valence-corrected chi connectivity index (χ2v) is 11.0. The lowest BCUT2D eigenvalue weighted by atomic mass is 9.96. The van der Waals surface area contributed by atoms with Crippen LogP contribution in [0.5, 0.6) is 0 Å². The third-order valence-corrected chi connectivity index (χ3v) is 7.23. The van der Waals surface area contributed by atoms with Gasteiger partial charge in [0.1, 0.15) is 11.4 Å². The molecule has 4 rings (SSSR count). The Kier molecular flexibility index (Phi) is 8.45. The third-order valence-electron chi connectivity index (χ3n) is 7.23. The van der Waals surface area contributed by atoms with Gasteiger partial charge in [-0.25, -0.2) is 14.6 Å². The van der Waals surface area contributed by atoms with Crippen LogP contribution in [0.25, 0.3) is 11.1 Å². The molecule has 0 unspecified atom stereocenters. The van der Waals surface area contributed by atoms with Gasteiger partial charge in [0.15, 0.2) is 0 Å². The Balaban J connectivity index is 1.53. The van der Waals surface area contributed by atoms with Crippen LogP contribution in [-0.2, 0) is 9.47 Å². The molecule has 0 saturated carbocycles. The van der Waals surface area contributed by atoms with E-state index in [4.69, 9.17) is 14.5 Å². The van der Waals surface area contributed by atoms with E-state index in [9.17, 15) is 14.7 Å². The van der Waals surface area contributed by atoms with Crippen LogP contribution in [0.3, 0.4) is 0 Å². The molecule has 1 amide bonds. The maximum absolute atomic E-state index is 12.4. The molecule has 9 heteroatoms. The molecule has 9 nitrogen and oxygen atoms in total. The molecule has 0 spiro atoms. The molecule has 1 aromatic heterocycles. The van der Waals surface area contributed by atoms with Gasteiger partial charge in [0.25, 0.3) is 0 Å². The fourth-order valence-electron chi connectivity index (χ4n) is 5.20. The quantitative estimate of drug-likeness (QED) is 0.575. The van der Waals surface area contributed by atoms with Crippen molar-refractivity contribution in [1.82, 2.24) is 9.88 Å². The van der Waals surface area contributed by atoms with Gasteiger partial charge in [-0.2, -0.15) is 0 Å². The van der Waals surface area contributed by atoms with E-state index in [1.165, 1.54) is 0 Å². The van der Waals surface area contributed by atoms with Gasteiger partial charge in [0, 0.05) is 69.4 Å². The molecule has 0 radical (unpaired) electrons. The summed E-state index contributed by atoms with van der Waals surface area (Å²) in [6.45, 7) is 14.3. The van der Waals surface area contributed by atoms with Gasteiger partial charge < -0.3 is 29.3 Å². The summed E-state index contributed by atoms with van der Waals surface area (Å²) in [7, 11) is 0. The molecule has 2 saturated heterocycles. The lowest BCUT2D eigenvalue weighted by molar-refractivity contribution is 0.0240. The summed E-state index contributed by atoms with van der Waals surface area (Å²) in [5.41, 5.74) is 3.24. The van der Waals surface area contributed by atoms with Gasteiger partial charge in [0.05, 0.1) is 5.56 Å². The number of hydrogen-bond donors (Lipinski definition) is 1. The number of carboxylic acids is 1. The summed E-state index contributed by atoms with van der Waals surface area (Å²) in [6, 6.07) is 8.12. The number of aromatic nitrogens is 1. The van der Waals surface area contributed by atoms with Crippen molar-refractivity contribution in [3.8, 4) is 11.1 Å². The van der Waals surface area contributed by atoms with Crippen molar-refractivity contribution < 1.29 is 24.2 Å². The van der Waals surface area contributed by atoms with E-state index < -0.39 is 11.6 Å². The van der Waals surface area contributed by atoms with Crippen molar-refractivity contribution in [1.29, 1.82) is 0 Å². The highest BCUT2D eigenvalue weighted by Crippen LogP contribution is 2.34. The van der Waals surface area contributed by atoms with Crippen molar-refractivity contribution in [3.63, 3.8) is 0 Å². The van der Waals surface area contributed by atoms with Crippen LogP contribution >= 0.6 is 0 Å². The summed E-state index contributed by atoms with van der Waals surface area (Å²) in [6.07, 6.45) is 3.38. The zero-order valence-electron chi connectivity index (χ0n) is 23.2. The van der Waals surface area contributed by atoms with E-state index in [-0.39, 0.29) is 6.09 Å². The Morgan fingerprint density at radius 3 is 2.34 bits per heavy atom. The maximum Gasteiger partial charge on any atom is 0.410 e. The Hall–Kier alpha value is -3.33. The lowest BCUT2D eigenvalue weighted by Crippen LogP contribution is -2.50. The standard InChI is InChI=1S/C29H40N4O5/c1-6-33(23-9-15-37-16-10-23)25-18-22(17-24(20(25)2)27(34)35)21-7-8-26(30-19-21)31-11-13-32(14-12-31)28(36)38-29(3,4)5/h7-8,17-19,23H,6,9-16H2,1-5H3,(H,34,35). The molecular weight excluding hydrogens is 484 g/mol. The van der Waals surface area contributed by atoms with Crippen LogP contribution in [-0.4, -0.2) is 84.6 Å². The highest BCUT2D eigenvalue weighted by molar-refractivity contribution is 5.94. The number of ether oxygens (including phenoxy) is 2. The zero-order chi connectivity index (χ0) is 27.4. The molecule has 3 heterocycles. The largest absolute Gasteiger partial charge is 0.478 e. The topological polar surface area (TPSA) is 95.4 Å². The molecule has 2 aromatic rings. The number of aromatic carboxylic acids is 1. The summed E-state index contributed by atoms with van der Waals surface area (Å²) in [5.74, 6) is -0.0955. The summed E-state index contributed by atoms with van der Waals surface area (Å²) in [5, 5.41) is 9.97. The molecule has 38 heavy (non-hydrogen) atoms. The molecule has 0 bridgehead atoms. The number of rotatable bonds is 6. The van der Waals surface area contributed by atoms with E-state index in [0.717, 1.165) is 60.8 Å². The molecule has 2 aliphatic rings. The number of carbonyl (C=O) groups excluding carboxylic acids is 1. The monoisotopic (exact) mass is 524 g/mol. The van der Waals surface area contributed by atoms with E-state index in [1.807, 2.05) is 39.8 Å². The van der Waals surface area contributed by atoms with Crippen LogP contribution in [0.2, 0.25) is 0 Å². The number of pyridine rings is 1. The molecule has 1 aromatic carbocycles. The van der Waals surface area contributed by atoms with Crippen LogP contribution in [0.1, 0.15) is 56.5 Å². The van der Waals surface area contributed by atoms with Crippen molar-refractivity contribution in [2.24, 2.45) is 0 Å². The molecule has 2 aliphatic heterocycles. The number of carbonyl (C=O) groups is 2. The molecule has 0 aliphatic carbocycles. The van der Waals surface area contributed by atoms with Gasteiger partial charge in [-0.1, -0.05) is 0 Å². The van der Waals surface area contributed by atoms with Crippen LogP contribution in [0.4, 0.5) is 16.3 Å². The van der Waals surface area contributed by atoms with Gasteiger partial charge in [-0.3, -0.25) is 0 Å². The van der Waals surface area contributed by atoms with Gasteiger partial charge in [-0.05, 0) is 82.9 Å². The Morgan fingerprint density at radius 1 is 1.11 bits per heavy atom. The number of hydrogen-bond acceptors (Lipinski definition) is 7. The molecule has 0 atom stereocenters. The number of anilines is 2. The number of carboxylic acid groups (broad SMARTS) is 1. The lowest BCUT2D eigenvalue weighted by Gasteiger charge is -2.37. The van der Waals surface area contributed by atoms with E-state index in [1.54, 1.807) is 17.2 Å². The first-order valence-electron chi connectivity index (χ1n) is 13.5. The highest BCUT2D eigenvalue weighted by atomic mass is 16.6. The summed E-state index contributed by atoms with van der Waals surface area (Å²) < 4.78 is 11.0. The Bertz CT molecular complexity index is 1130. The van der Waals surface area contributed by atoms with Gasteiger partial charge in [-0.15, -0.1) is 0 Å².